The van der Waals surface area contributed by atoms with Gasteiger partial charge in [0, 0.05) is 16.4 Å². The summed E-state index contributed by atoms with van der Waals surface area (Å²) in [6.45, 7) is 2.39. The second kappa shape index (κ2) is 4.54. The number of aliphatic hydroxyl groups is 1. The van der Waals surface area contributed by atoms with Crippen LogP contribution in [-0.2, 0) is 0 Å². The van der Waals surface area contributed by atoms with E-state index in [-0.39, 0.29) is 6.61 Å². The molecule has 0 saturated carbocycles. The summed E-state index contributed by atoms with van der Waals surface area (Å²) in [4.78, 5) is 2.18. The molecule has 2 rings (SSSR count). The molecule has 0 radical (unpaired) electrons. The topological polar surface area (TPSA) is 23.5 Å². The van der Waals surface area contributed by atoms with Crippen molar-refractivity contribution in [3.63, 3.8) is 0 Å². The number of allylic oxidation sites excluding steroid dienone is 3. The Labute approximate surface area is 99.1 Å². The zero-order valence-electron chi connectivity index (χ0n) is 8.86. The molecule has 1 unspecified atom stereocenters. The van der Waals surface area contributed by atoms with Crippen molar-refractivity contribution in [3.8, 4) is 0 Å². The maximum atomic E-state index is 9.35. The fraction of sp³-hybridized carbons (Fsp3) is 0.500. The lowest BCUT2D eigenvalue weighted by molar-refractivity contribution is 0.243. The highest BCUT2D eigenvalue weighted by atomic mass is 79.9. The Morgan fingerprint density at radius 3 is 3.13 bits per heavy atom. The van der Waals surface area contributed by atoms with E-state index in [1.165, 1.54) is 6.42 Å². The number of hydrogen-bond donors (Lipinski definition) is 1. The normalized spacial score (nSPS) is 30.5. The largest absolute Gasteiger partial charge is 0.390 e. The van der Waals surface area contributed by atoms with Crippen LogP contribution in [0.2, 0.25) is 0 Å². The average molecular weight is 270 g/mol. The van der Waals surface area contributed by atoms with Crippen LogP contribution in [0.5, 0.6) is 0 Å². The molecule has 2 nitrogen and oxygen atoms in total. The Hall–Kier alpha value is -0.540. The Kier molecular flexibility index (Phi) is 3.32. The molecule has 2 heterocycles. The van der Waals surface area contributed by atoms with Crippen LogP contribution in [0.25, 0.3) is 0 Å². The first kappa shape index (κ1) is 11.0. The van der Waals surface area contributed by atoms with Crippen LogP contribution in [0, 0.1) is 5.92 Å². The van der Waals surface area contributed by atoms with E-state index in [4.69, 9.17) is 0 Å². The molecule has 2 atom stereocenters. The Morgan fingerprint density at radius 1 is 1.60 bits per heavy atom. The first-order chi connectivity index (χ1) is 7.22. The van der Waals surface area contributed by atoms with Gasteiger partial charge in [-0.25, -0.2) is 0 Å². The zero-order chi connectivity index (χ0) is 10.8. The van der Waals surface area contributed by atoms with E-state index in [1.54, 1.807) is 0 Å². The van der Waals surface area contributed by atoms with Crippen LogP contribution in [0.1, 0.15) is 19.8 Å². The molecule has 0 saturated heterocycles. The summed E-state index contributed by atoms with van der Waals surface area (Å²) in [6, 6.07) is 0.396. The van der Waals surface area contributed by atoms with Crippen LogP contribution in [0.3, 0.4) is 0 Å². The fourth-order valence-corrected chi connectivity index (χ4v) is 2.59. The van der Waals surface area contributed by atoms with E-state index in [9.17, 15) is 5.11 Å². The van der Waals surface area contributed by atoms with Crippen LogP contribution in [-0.4, -0.2) is 22.7 Å². The van der Waals surface area contributed by atoms with Gasteiger partial charge in [-0.15, -0.1) is 0 Å². The Balaban J connectivity index is 2.32. The third kappa shape index (κ3) is 2.18. The minimum atomic E-state index is 0.119. The number of fused-ring (bicyclic) bond motifs is 1. The molecule has 2 aliphatic heterocycles. The average Bonchev–Trinajstić information content (AvgIpc) is 2.38. The van der Waals surface area contributed by atoms with Crippen LogP contribution < -0.4 is 0 Å². The molecule has 0 aromatic rings. The summed E-state index contributed by atoms with van der Waals surface area (Å²) in [5.41, 5.74) is 1.02. The second-order valence-corrected chi connectivity index (χ2v) is 5.09. The molecule has 3 heteroatoms. The van der Waals surface area contributed by atoms with Gasteiger partial charge >= 0.3 is 0 Å². The molecule has 0 bridgehead atoms. The maximum absolute atomic E-state index is 9.35. The number of nitrogens with zero attached hydrogens (tertiary/aromatic N) is 1. The third-order valence-corrected chi connectivity index (χ3v) is 3.58. The molecule has 0 aliphatic carbocycles. The molecule has 0 aromatic heterocycles. The van der Waals surface area contributed by atoms with E-state index < -0.39 is 0 Å². The number of rotatable bonds is 1. The molecule has 0 fully saturated rings. The minimum Gasteiger partial charge on any atom is -0.390 e. The van der Waals surface area contributed by atoms with Gasteiger partial charge in [-0.2, -0.15) is 0 Å². The van der Waals surface area contributed by atoms with E-state index in [2.05, 4.69) is 52.2 Å². The van der Waals surface area contributed by atoms with E-state index in [1.807, 2.05) is 0 Å². The number of halogens is 1. The molecule has 0 spiro atoms. The highest BCUT2D eigenvalue weighted by Crippen LogP contribution is 2.31. The highest BCUT2D eigenvalue weighted by Gasteiger charge is 2.26. The molecule has 0 amide bonds. The molecular weight excluding hydrogens is 254 g/mol. The van der Waals surface area contributed by atoms with Gasteiger partial charge in [0.25, 0.3) is 0 Å². The van der Waals surface area contributed by atoms with Crippen molar-refractivity contribution >= 4 is 15.9 Å². The van der Waals surface area contributed by atoms with Gasteiger partial charge in [0.05, 0.1) is 12.6 Å². The monoisotopic (exact) mass is 269 g/mol. The standard InChI is InChI=1S/C12H16BrNO/c1-9-3-2-4-11(8-15)14-7-10(13)5-6-12(9)14/h4-7,9,12,15H,2-3,8H2,1H3/t9?,12-/m0/s1. The highest BCUT2D eigenvalue weighted by molar-refractivity contribution is 9.11. The van der Waals surface area contributed by atoms with Gasteiger partial charge in [-0.05, 0) is 40.8 Å². The van der Waals surface area contributed by atoms with E-state index in [0.717, 1.165) is 16.6 Å². The molecule has 2 aliphatic rings. The maximum Gasteiger partial charge on any atom is 0.0829 e. The Morgan fingerprint density at radius 2 is 2.40 bits per heavy atom. The lowest BCUT2D eigenvalue weighted by atomic mass is 9.95. The predicted molar refractivity (Wildman–Crippen MR) is 65.3 cm³/mol. The zero-order valence-corrected chi connectivity index (χ0v) is 10.4. The van der Waals surface area contributed by atoms with Crippen molar-refractivity contribution in [3.05, 3.63) is 34.6 Å². The predicted octanol–water partition coefficient (Wildman–Crippen LogP) is 2.77. The van der Waals surface area contributed by atoms with Crippen LogP contribution in [0.4, 0.5) is 0 Å². The van der Waals surface area contributed by atoms with Gasteiger partial charge in [0.2, 0.25) is 0 Å². The third-order valence-electron chi connectivity index (χ3n) is 3.11. The summed E-state index contributed by atoms with van der Waals surface area (Å²) in [6.07, 6.45) is 10.8. The van der Waals surface area contributed by atoms with Gasteiger partial charge in [0.1, 0.15) is 0 Å². The van der Waals surface area contributed by atoms with E-state index in [0.29, 0.717) is 12.0 Å². The SMILES string of the molecule is CC1CCC=C(CO)N2C=C(Br)C=C[C@@H]12. The molecule has 82 valence electrons. The first-order valence-electron chi connectivity index (χ1n) is 5.36. The van der Waals surface area contributed by atoms with Gasteiger partial charge in [-0.1, -0.05) is 19.1 Å². The minimum absolute atomic E-state index is 0.119. The quantitative estimate of drug-likeness (QED) is 0.792. The summed E-state index contributed by atoms with van der Waals surface area (Å²) < 4.78 is 1.06. The van der Waals surface area contributed by atoms with Crippen LogP contribution >= 0.6 is 15.9 Å². The van der Waals surface area contributed by atoms with Crippen molar-refractivity contribution in [2.75, 3.05) is 6.61 Å². The van der Waals surface area contributed by atoms with Gasteiger partial charge in [0.15, 0.2) is 0 Å². The van der Waals surface area contributed by atoms with Crippen molar-refractivity contribution in [2.45, 2.75) is 25.8 Å². The van der Waals surface area contributed by atoms with Crippen molar-refractivity contribution in [1.29, 1.82) is 0 Å². The van der Waals surface area contributed by atoms with Crippen molar-refractivity contribution < 1.29 is 5.11 Å². The van der Waals surface area contributed by atoms with Crippen molar-refractivity contribution in [2.24, 2.45) is 5.92 Å². The lowest BCUT2D eigenvalue weighted by Gasteiger charge is -2.34. The molecule has 0 aromatic carbocycles. The number of hydrogen-bond acceptors (Lipinski definition) is 2. The smallest absolute Gasteiger partial charge is 0.0829 e. The Bertz CT molecular complexity index is 333. The fourth-order valence-electron chi connectivity index (χ4n) is 2.22. The number of aliphatic hydroxyl groups excluding tert-OH is 1. The molecule has 15 heavy (non-hydrogen) atoms. The molecule has 1 N–H and O–H groups in total. The van der Waals surface area contributed by atoms with Crippen LogP contribution in [0.15, 0.2) is 34.6 Å². The lowest BCUT2D eigenvalue weighted by Crippen LogP contribution is -2.35. The summed E-state index contributed by atoms with van der Waals surface area (Å²) >= 11 is 3.48. The van der Waals surface area contributed by atoms with Gasteiger partial charge in [-0.3, -0.25) is 0 Å². The summed E-state index contributed by atoms with van der Waals surface area (Å²) in [5, 5.41) is 9.35. The summed E-state index contributed by atoms with van der Waals surface area (Å²) in [5.74, 6) is 0.624. The molecular formula is C12H16BrNO. The second-order valence-electron chi connectivity index (χ2n) is 4.18. The van der Waals surface area contributed by atoms with Crippen molar-refractivity contribution in [1.82, 2.24) is 4.90 Å². The van der Waals surface area contributed by atoms with Gasteiger partial charge < -0.3 is 10.0 Å². The summed E-state index contributed by atoms with van der Waals surface area (Å²) in [7, 11) is 0. The van der Waals surface area contributed by atoms with E-state index >= 15 is 0 Å². The first-order valence-corrected chi connectivity index (χ1v) is 6.15.